The summed E-state index contributed by atoms with van der Waals surface area (Å²) >= 11 is 3.53. The molecule has 84 valence electrons. The van der Waals surface area contributed by atoms with Gasteiger partial charge in [0.25, 0.3) is 0 Å². The smallest absolute Gasteiger partial charge is 0.164 e. The van der Waals surface area contributed by atoms with Crippen LogP contribution in [-0.4, -0.2) is 18.6 Å². The average molecular weight is 244 g/mol. The van der Waals surface area contributed by atoms with E-state index < -0.39 is 5.79 Å². The summed E-state index contributed by atoms with van der Waals surface area (Å²) in [6, 6.07) is 2.14. The fourth-order valence-electron chi connectivity index (χ4n) is 1.89. The predicted molar refractivity (Wildman–Crippen MR) is 64.6 cm³/mol. The molecule has 1 fully saturated rings. The van der Waals surface area contributed by atoms with Crippen molar-refractivity contribution >= 4 is 23.1 Å². The lowest BCUT2D eigenvalue weighted by molar-refractivity contribution is -0.159. The highest BCUT2D eigenvalue weighted by Gasteiger charge is 2.44. The van der Waals surface area contributed by atoms with Crippen molar-refractivity contribution in [2.45, 2.75) is 36.4 Å². The standard InChI is InChI=1S/C11H16O2S2/c1-10(2)12-7-11(3,13-10)8-5-6-15-9(8)14-4/h5-6H,7H2,1-4H3. The van der Waals surface area contributed by atoms with E-state index in [0.717, 1.165) is 0 Å². The Morgan fingerprint density at radius 3 is 2.67 bits per heavy atom. The molecule has 4 heteroatoms. The lowest BCUT2D eigenvalue weighted by Gasteiger charge is -2.25. The average Bonchev–Trinajstić information content (AvgIpc) is 2.71. The molecular formula is C11H16O2S2. The van der Waals surface area contributed by atoms with Gasteiger partial charge in [-0.3, -0.25) is 0 Å². The van der Waals surface area contributed by atoms with Crippen molar-refractivity contribution in [2.24, 2.45) is 0 Å². The third kappa shape index (κ3) is 2.09. The minimum Gasteiger partial charge on any atom is -0.347 e. The molecule has 0 spiro atoms. The number of hydrogen-bond donors (Lipinski definition) is 0. The van der Waals surface area contributed by atoms with Crippen LogP contribution in [0.15, 0.2) is 15.7 Å². The maximum absolute atomic E-state index is 5.99. The Morgan fingerprint density at radius 1 is 1.40 bits per heavy atom. The van der Waals surface area contributed by atoms with Crippen molar-refractivity contribution in [1.82, 2.24) is 0 Å². The largest absolute Gasteiger partial charge is 0.347 e. The van der Waals surface area contributed by atoms with Gasteiger partial charge in [0.1, 0.15) is 5.60 Å². The van der Waals surface area contributed by atoms with Gasteiger partial charge in [0.15, 0.2) is 5.79 Å². The minimum atomic E-state index is -0.466. The number of thioether (sulfide) groups is 1. The molecule has 0 aromatic carbocycles. The van der Waals surface area contributed by atoms with Crippen molar-refractivity contribution in [2.75, 3.05) is 12.9 Å². The van der Waals surface area contributed by atoms with Gasteiger partial charge in [-0.1, -0.05) is 0 Å². The van der Waals surface area contributed by atoms with E-state index in [0.29, 0.717) is 6.61 Å². The molecule has 0 radical (unpaired) electrons. The molecule has 1 atom stereocenters. The molecule has 0 N–H and O–H groups in total. The predicted octanol–water partition coefficient (Wildman–Crippen LogP) is 3.47. The van der Waals surface area contributed by atoms with Gasteiger partial charge in [-0.25, -0.2) is 0 Å². The van der Waals surface area contributed by atoms with Crippen LogP contribution in [-0.2, 0) is 15.1 Å². The molecule has 1 unspecified atom stereocenters. The van der Waals surface area contributed by atoms with Crippen molar-refractivity contribution in [3.63, 3.8) is 0 Å². The van der Waals surface area contributed by atoms with Gasteiger partial charge in [-0.15, -0.1) is 23.1 Å². The topological polar surface area (TPSA) is 18.5 Å². The second kappa shape index (κ2) is 3.77. The van der Waals surface area contributed by atoms with E-state index in [1.54, 1.807) is 23.1 Å². The number of hydrogen-bond acceptors (Lipinski definition) is 4. The first-order valence-electron chi connectivity index (χ1n) is 4.93. The molecule has 1 aliphatic heterocycles. The van der Waals surface area contributed by atoms with Crippen LogP contribution in [0.1, 0.15) is 26.3 Å². The fourth-order valence-corrected chi connectivity index (χ4v) is 3.69. The first-order valence-corrected chi connectivity index (χ1v) is 7.03. The molecule has 1 aromatic heterocycles. The van der Waals surface area contributed by atoms with Crippen LogP contribution in [0.5, 0.6) is 0 Å². The molecule has 0 bridgehead atoms. The molecule has 1 aliphatic rings. The Morgan fingerprint density at radius 2 is 2.13 bits per heavy atom. The molecule has 0 amide bonds. The van der Waals surface area contributed by atoms with Crippen LogP contribution in [0.3, 0.4) is 0 Å². The van der Waals surface area contributed by atoms with Crippen molar-refractivity contribution in [1.29, 1.82) is 0 Å². The maximum atomic E-state index is 5.99. The van der Waals surface area contributed by atoms with Gasteiger partial charge in [-0.05, 0) is 38.5 Å². The van der Waals surface area contributed by atoms with Gasteiger partial charge >= 0.3 is 0 Å². The lowest BCUT2D eigenvalue weighted by Crippen LogP contribution is -2.28. The first-order chi connectivity index (χ1) is 6.97. The third-order valence-electron chi connectivity index (χ3n) is 2.55. The van der Waals surface area contributed by atoms with Gasteiger partial charge < -0.3 is 9.47 Å². The van der Waals surface area contributed by atoms with Crippen LogP contribution < -0.4 is 0 Å². The summed E-state index contributed by atoms with van der Waals surface area (Å²) in [6.07, 6.45) is 2.10. The van der Waals surface area contributed by atoms with Crippen LogP contribution in [0.25, 0.3) is 0 Å². The fraction of sp³-hybridized carbons (Fsp3) is 0.636. The summed E-state index contributed by atoms with van der Waals surface area (Å²) in [5.74, 6) is -0.466. The summed E-state index contributed by atoms with van der Waals surface area (Å²) < 4.78 is 13.0. The lowest BCUT2D eigenvalue weighted by atomic mass is 10.0. The van der Waals surface area contributed by atoms with Gasteiger partial charge in [0.2, 0.25) is 0 Å². The van der Waals surface area contributed by atoms with Crippen molar-refractivity contribution in [3.8, 4) is 0 Å². The zero-order valence-electron chi connectivity index (χ0n) is 9.49. The van der Waals surface area contributed by atoms with E-state index in [1.165, 1.54) is 9.77 Å². The Labute approximate surface area is 99.0 Å². The molecule has 1 aromatic rings. The normalized spacial score (nSPS) is 29.6. The zero-order valence-corrected chi connectivity index (χ0v) is 11.1. The molecule has 0 saturated carbocycles. The quantitative estimate of drug-likeness (QED) is 0.742. The Hall–Kier alpha value is -0.0300. The second-order valence-electron chi connectivity index (χ2n) is 4.35. The second-order valence-corrected chi connectivity index (χ2v) is 6.34. The van der Waals surface area contributed by atoms with E-state index in [2.05, 4.69) is 24.6 Å². The summed E-state index contributed by atoms with van der Waals surface area (Å²) in [5, 5.41) is 2.11. The zero-order chi connectivity index (χ0) is 11.1. The highest BCUT2D eigenvalue weighted by Crippen LogP contribution is 2.43. The molecule has 2 nitrogen and oxygen atoms in total. The molecule has 1 saturated heterocycles. The summed E-state index contributed by atoms with van der Waals surface area (Å²) in [6.45, 7) is 6.65. The molecule has 2 heterocycles. The highest BCUT2D eigenvalue weighted by molar-refractivity contribution is 8.00. The van der Waals surface area contributed by atoms with Gasteiger partial charge in [-0.2, -0.15) is 0 Å². The Kier molecular flexibility index (Phi) is 2.88. The van der Waals surface area contributed by atoms with Crippen LogP contribution in [0, 0.1) is 0 Å². The van der Waals surface area contributed by atoms with Gasteiger partial charge in [0, 0.05) is 5.56 Å². The van der Waals surface area contributed by atoms with Gasteiger partial charge in [0.05, 0.1) is 10.8 Å². The van der Waals surface area contributed by atoms with E-state index in [9.17, 15) is 0 Å². The van der Waals surface area contributed by atoms with E-state index in [-0.39, 0.29) is 5.60 Å². The van der Waals surface area contributed by atoms with Crippen LogP contribution in [0.2, 0.25) is 0 Å². The Balaban J connectivity index is 2.31. The first kappa shape index (κ1) is 11.5. The van der Waals surface area contributed by atoms with E-state index >= 15 is 0 Å². The minimum absolute atomic E-state index is 0.290. The maximum Gasteiger partial charge on any atom is 0.164 e. The monoisotopic (exact) mass is 244 g/mol. The molecule has 0 aliphatic carbocycles. The highest BCUT2D eigenvalue weighted by atomic mass is 32.2. The van der Waals surface area contributed by atoms with Crippen molar-refractivity contribution < 1.29 is 9.47 Å². The SMILES string of the molecule is CSc1sccc1C1(C)COC(C)(C)O1. The van der Waals surface area contributed by atoms with Crippen LogP contribution in [0.4, 0.5) is 0 Å². The number of thiophene rings is 1. The summed E-state index contributed by atoms with van der Waals surface area (Å²) in [4.78, 5) is 0. The number of ether oxygens (including phenoxy) is 2. The summed E-state index contributed by atoms with van der Waals surface area (Å²) in [5.41, 5.74) is 0.965. The third-order valence-corrected chi connectivity index (χ3v) is 4.64. The van der Waals surface area contributed by atoms with E-state index in [1.807, 2.05) is 13.8 Å². The Bertz CT molecular complexity index is 359. The van der Waals surface area contributed by atoms with E-state index in [4.69, 9.17) is 9.47 Å². The molecule has 2 rings (SSSR count). The van der Waals surface area contributed by atoms with Crippen LogP contribution >= 0.6 is 23.1 Å². The number of rotatable bonds is 2. The summed E-state index contributed by atoms with van der Waals surface area (Å²) in [7, 11) is 0. The molecular weight excluding hydrogens is 228 g/mol. The van der Waals surface area contributed by atoms with Crippen molar-refractivity contribution in [3.05, 3.63) is 17.0 Å². The molecule has 15 heavy (non-hydrogen) atoms.